The largest absolute Gasteiger partial charge is 0.416 e. The van der Waals surface area contributed by atoms with Crippen LogP contribution in [0.15, 0.2) is 18.2 Å². The lowest BCUT2D eigenvalue weighted by Gasteiger charge is -2.19. The molecule has 18 heavy (non-hydrogen) atoms. The van der Waals surface area contributed by atoms with E-state index in [-0.39, 0.29) is 12.0 Å². The van der Waals surface area contributed by atoms with Crippen molar-refractivity contribution in [3.8, 4) is 0 Å². The van der Waals surface area contributed by atoms with Crippen LogP contribution in [0.5, 0.6) is 0 Å². The smallest absolute Gasteiger partial charge is 0.390 e. The van der Waals surface area contributed by atoms with Gasteiger partial charge in [-0.2, -0.15) is 13.2 Å². The lowest BCUT2D eigenvalue weighted by atomic mass is 9.98. The van der Waals surface area contributed by atoms with Crippen molar-refractivity contribution in [1.29, 1.82) is 0 Å². The van der Waals surface area contributed by atoms with Gasteiger partial charge in [-0.15, -0.1) is 0 Å². The monoisotopic (exact) mass is 326 g/mol. The van der Waals surface area contributed by atoms with E-state index in [1.807, 2.05) is 0 Å². The van der Waals surface area contributed by atoms with Gasteiger partial charge in [0, 0.05) is 5.33 Å². The van der Waals surface area contributed by atoms with Crippen molar-refractivity contribution in [3.63, 3.8) is 0 Å². The third-order valence-electron chi connectivity index (χ3n) is 2.54. The Morgan fingerprint density at radius 2 is 1.83 bits per heavy atom. The van der Waals surface area contributed by atoms with E-state index in [2.05, 4.69) is 15.9 Å². The van der Waals surface area contributed by atoms with Gasteiger partial charge in [0.05, 0.1) is 11.7 Å². The van der Waals surface area contributed by atoms with Crippen LogP contribution < -0.4 is 0 Å². The van der Waals surface area contributed by atoms with Crippen molar-refractivity contribution in [1.82, 2.24) is 0 Å². The molecule has 1 rings (SSSR count). The van der Waals surface area contributed by atoms with E-state index in [9.17, 15) is 23.4 Å². The Morgan fingerprint density at radius 3 is 2.33 bits per heavy atom. The normalized spacial score (nSPS) is 15.5. The second kappa shape index (κ2) is 6.04. The Morgan fingerprint density at radius 1 is 1.22 bits per heavy atom. The number of alkyl halides is 4. The van der Waals surface area contributed by atoms with E-state index in [1.165, 1.54) is 13.0 Å². The number of benzene rings is 1. The van der Waals surface area contributed by atoms with Gasteiger partial charge in [-0.25, -0.2) is 0 Å². The topological polar surface area (TPSA) is 40.5 Å². The van der Waals surface area contributed by atoms with E-state index in [0.717, 1.165) is 12.1 Å². The van der Waals surface area contributed by atoms with Crippen LogP contribution in [0.3, 0.4) is 0 Å². The van der Waals surface area contributed by atoms with E-state index < -0.39 is 23.9 Å². The van der Waals surface area contributed by atoms with E-state index in [4.69, 9.17) is 0 Å². The van der Waals surface area contributed by atoms with Crippen molar-refractivity contribution in [2.75, 3.05) is 5.33 Å². The van der Waals surface area contributed by atoms with E-state index in [0.29, 0.717) is 10.9 Å². The Bertz CT molecular complexity index is 407. The predicted octanol–water partition coefficient (Wildman–Crippen LogP) is 3.19. The summed E-state index contributed by atoms with van der Waals surface area (Å²) in [5.41, 5.74) is -0.344. The molecule has 0 aliphatic carbocycles. The Labute approximate surface area is 112 Å². The van der Waals surface area contributed by atoms with Crippen LogP contribution in [0.2, 0.25) is 0 Å². The zero-order valence-electron chi connectivity index (χ0n) is 9.71. The third-order valence-corrected chi connectivity index (χ3v) is 3.00. The van der Waals surface area contributed by atoms with Crippen molar-refractivity contribution in [2.45, 2.75) is 31.7 Å². The third kappa shape index (κ3) is 3.96. The van der Waals surface area contributed by atoms with Crippen LogP contribution in [0.1, 0.15) is 29.2 Å². The summed E-state index contributed by atoms with van der Waals surface area (Å²) in [5, 5.41) is 19.9. The van der Waals surface area contributed by atoms with Gasteiger partial charge in [-0.3, -0.25) is 0 Å². The minimum Gasteiger partial charge on any atom is -0.390 e. The first kappa shape index (κ1) is 15.5. The van der Waals surface area contributed by atoms with Crippen LogP contribution in [-0.4, -0.2) is 21.6 Å². The van der Waals surface area contributed by atoms with Crippen LogP contribution >= 0.6 is 15.9 Å². The summed E-state index contributed by atoms with van der Waals surface area (Å²) in [6, 6.07) is 3.32. The first-order valence-electron chi connectivity index (χ1n) is 5.36. The van der Waals surface area contributed by atoms with Gasteiger partial charge in [0.15, 0.2) is 0 Å². The number of rotatable bonds is 4. The highest BCUT2D eigenvalue weighted by Crippen LogP contribution is 2.32. The molecular weight excluding hydrogens is 313 g/mol. The molecule has 0 aliphatic rings. The average Bonchev–Trinajstić information content (AvgIpc) is 2.26. The fourth-order valence-corrected chi connectivity index (χ4v) is 2.11. The molecule has 0 aliphatic heterocycles. The summed E-state index contributed by atoms with van der Waals surface area (Å²) in [4.78, 5) is 0. The standard InChI is InChI=1S/C12H14BrF3O2/c1-7-4-8(11(18)10(17)2-3-13)6-9(5-7)12(14,15)16/h4-6,10-11,17-18H,2-3H2,1H3. The molecule has 1 aromatic carbocycles. The maximum atomic E-state index is 12.6. The lowest BCUT2D eigenvalue weighted by molar-refractivity contribution is -0.137. The molecule has 0 fully saturated rings. The minimum absolute atomic E-state index is 0.0794. The van der Waals surface area contributed by atoms with Gasteiger partial charge in [0.2, 0.25) is 0 Å². The first-order valence-corrected chi connectivity index (χ1v) is 6.48. The van der Waals surface area contributed by atoms with Gasteiger partial charge in [-0.05, 0) is 31.0 Å². The molecule has 6 heteroatoms. The second-order valence-corrected chi connectivity index (χ2v) is 4.91. The summed E-state index contributed by atoms with van der Waals surface area (Å²) in [5.74, 6) is 0. The van der Waals surface area contributed by atoms with E-state index >= 15 is 0 Å². The number of hydrogen-bond donors (Lipinski definition) is 2. The summed E-state index contributed by atoms with van der Waals surface area (Å²) in [6.07, 6.45) is -6.60. The van der Waals surface area contributed by atoms with Crippen LogP contribution in [0.4, 0.5) is 13.2 Å². The molecule has 0 heterocycles. The first-order chi connectivity index (χ1) is 8.25. The molecule has 102 valence electrons. The summed E-state index contributed by atoms with van der Waals surface area (Å²) in [7, 11) is 0. The van der Waals surface area contributed by atoms with Crippen LogP contribution in [-0.2, 0) is 6.18 Å². The number of hydrogen-bond acceptors (Lipinski definition) is 2. The molecule has 0 saturated heterocycles. The number of aliphatic hydroxyl groups is 2. The number of aliphatic hydroxyl groups excluding tert-OH is 2. The lowest BCUT2D eigenvalue weighted by Crippen LogP contribution is -2.19. The molecule has 1 aromatic rings. The zero-order valence-corrected chi connectivity index (χ0v) is 11.3. The molecule has 0 aromatic heterocycles. The van der Waals surface area contributed by atoms with Gasteiger partial charge < -0.3 is 10.2 Å². The summed E-state index contributed by atoms with van der Waals surface area (Å²) >= 11 is 3.10. The van der Waals surface area contributed by atoms with E-state index in [1.54, 1.807) is 0 Å². The molecule has 2 unspecified atom stereocenters. The molecule has 0 saturated carbocycles. The van der Waals surface area contributed by atoms with Gasteiger partial charge >= 0.3 is 6.18 Å². The highest BCUT2D eigenvalue weighted by molar-refractivity contribution is 9.09. The fraction of sp³-hybridized carbons (Fsp3) is 0.500. The second-order valence-electron chi connectivity index (χ2n) is 4.12. The number of aryl methyl sites for hydroxylation is 1. The van der Waals surface area contributed by atoms with Gasteiger partial charge in [0.25, 0.3) is 0 Å². The molecule has 0 radical (unpaired) electrons. The maximum absolute atomic E-state index is 12.6. The predicted molar refractivity (Wildman–Crippen MR) is 65.6 cm³/mol. The number of halogens is 4. The van der Waals surface area contributed by atoms with Crippen molar-refractivity contribution < 1.29 is 23.4 Å². The van der Waals surface area contributed by atoms with Crippen LogP contribution in [0, 0.1) is 6.92 Å². The SMILES string of the molecule is Cc1cc(C(O)C(O)CCBr)cc(C(F)(F)F)c1. The average molecular weight is 327 g/mol. The maximum Gasteiger partial charge on any atom is 0.416 e. The fourth-order valence-electron chi connectivity index (χ4n) is 1.64. The molecule has 0 spiro atoms. The Balaban J connectivity index is 3.06. The molecule has 2 nitrogen and oxygen atoms in total. The van der Waals surface area contributed by atoms with Crippen molar-refractivity contribution in [2.24, 2.45) is 0 Å². The quantitative estimate of drug-likeness (QED) is 0.834. The molecule has 0 bridgehead atoms. The van der Waals surface area contributed by atoms with Gasteiger partial charge in [-0.1, -0.05) is 27.6 Å². The minimum atomic E-state index is -4.46. The van der Waals surface area contributed by atoms with Crippen molar-refractivity contribution in [3.05, 3.63) is 34.9 Å². The molecular formula is C12H14BrF3O2. The Hall–Kier alpha value is -0.590. The molecule has 0 amide bonds. The van der Waals surface area contributed by atoms with Crippen LogP contribution in [0.25, 0.3) is 0 Å². The molecule has 2 N–H and O–H groups in total. The molecule has 2 atom stereocenters. The highest BCUT2D eigenvalue weighted by atomic mass is 79.9. The van der Waals surface area contributed by atoms with Gasteiger partial charge in [0.1, 0.15) is 6.10 Å². The summed E-state index contributed by atoms with van der Waals surface area (Å²) < 4.78 is 37.8. The zero-order chi connectivity index (χ0) is 13.9. The summed E-state index contributed by atoms with van der Waals surface area (Å²) in [6.45, 7) is 1.52. The Kier molecular flexibility index (Phi) is 5.19. The highest BCUT2D eigenvalue weighted by Gasteiger charge is 2.32. The van der Waals surface area contributed by atoms with Crippen molar-refractivity contribution >= 4 is 15.9 Å².